The monoisotopic (exact) mass is 352 g/mol. The van der Waals surface area contributed by atoms with E-state index in [9.17, 15) is 14.7 Å². The number of carbonyl (C=O) groups excluding carboxylic acids is 1. The molecule has 0 heterocycles. The van der Waals surface area contributed by atoms with Crippen LogP contribution in [0.25, 0.3) is 0 Å². The highest BCUT2D eigenvalue weighted by molar-refractivity contribution is 9.10. The maximum atomic E-state index is 12.5. The van der Waals surface area contributed by atoms with Gasteiger partial charge in [0.2, 0.25) is 5.91 Å². The summed E-state index contributed by atoms with van der Waals surface area (Å²) in [4.78, 5) is 23.8. The molecule has 5 nitrogen and oxygen atoms in total. The van der Waals surface area contributed by atoms with Gasteiger partial charge in [0.15, 0.2) is 0 Å². The zero-order chi connectivity index (χ0) is 15.1. The summed E-state index contributed by atoms with van der Waals surface area (Å²) in [5.74, 6) is -0.638. The number of aromatic carboxylic acids is 1. The van der Waals surface area contributed by atoms with Crippen LogP contribution in [0.1, 0.15) is 29.6 Å². The predicted molar refractivity (Wildman–Crippen MR) is 82.0 cm³/mol. The SMILES string of the molecule is NC1C2CCC(C2)C1C(=O)Nc1ccc(Br)cc1C(=O)O. The number of carbonyl (C=O) groups is 2. The van der Waals surface area contributed by atoms with Crippen LogP contribution in [0, 0.1) is 17.8 Å². The molecule has 1 amide bonds. The fraction of sp³-hybridized carbons (Fsp3) is 0.467. The maximum Gasteiger partial charge on any atom is 0.337 e. The quantitative estimate of drug-likeness (QED) is 0.778. The van der Waals surface area contributed by atoms with Crippen molar-refractivity contribution in [3.05, 3.63) is 28.2 Å². The Morgan fingerprint density at radius 1 is 1.29 bits per heavy atom. The van der Waals surface area contributed by atoms with E-state index in [0.29, 0.717) is 22.0 Å². The highest BCUT2D eigenvalue weighted by atomic mass is 79.9. The van der Waals surface area contributed by atoms with Gasteiger partial charge in [-0.15, -0.1) is 0 Å². The Balaban J connectivity index is 1.81. The molecule has 4 unspecified atom stereocenters. The fourth-order valence-electron chi connectivity index (χ4n) is 3.74. The second-order valence-corrected chi connectivity index (χ2v) is 6.84. The number of halogens is 1. The van der Waals surface area contributed by atoms with E-state index < -0.39 is 5.97 Å². The first kappa shape index (κ1) is 14.5. The van der Waals surface area contributed by atoms with E-state index in [2.05, 4.69) is 21.2 Å². The van der Waals surface area contributed by atoms with E-state index in [-0.39, 0.29) is 23.4 Å². The smallest absolute Gasteiger partial charge is 0.337 e. The Morgan fingerprint density at radius 2 is 2.00 bits per heavy atom. The molecule has 2 fully saturated rings. The minimum atomic E-state index is -1.07. The van der Waals surface area contributed by atoms with Crippen LogP contribution < -0.4 is 11.1 Å². The molecule has 21 heavy (non-hydrogen) atoms. The van der Waals surface area contributed by atoms with Crippen molar-refractivity contribution >= 4 is 33.5 Å². The van der Waals surface area contributed by atoms with Crippen LogP contribution >= 0.6 is 15.9 Å². The number of fused-ring (bicyclic) bond motifs is 2. The first-order chi connectivity index (χ1) is 9.97. The third-order valence-corrected chi connectivity index (χ3v) is 5.25. The fourth-order valence-corrected chi connectivity index (χ4v) is 4.10. The molecule has 2 aliphatic rings. The second-order valence-electron chi connectivity index (χ2n) is 5.92. The zero-order valence-corrected chi connectivity index (χ0v) is 13.0. The van der Waals surface area contributed by atoms with Gasteiger partial charge in [0.25, 0.3) is 0 Å². The van der Waals surface area contributed by atoms with Gasteiger partial charge in [0.05, 0.1) is 17.2 Å². The molecule has 0 spiro atoms. The molecule has 0 aromatic heterocycles. The lowest BCUT2D eigenvalue weighted by molar-refractivity contribution is -0.121. The first-order valence-electron chi connectivity index (χ1n) is 7.06. The average Bonchev–Trinajstić information content (AvgIpc) is 3.01. The predicted octanol–water partition coefficient (Wildman–Crippen LogP) is 2.46. The van der Waals surface area contributed by atoms with Crippen molar-refractivity contribution in [2.45, 2.75) is 25.3 Å². The van der Waals surface area contributed by atoms with Crippen molar-refractivity contribution in [3.63, 3.8) is 0 Å². The molecule has 0 radical (unpaired) electrons. The largest absolute Gasteiger partial charge is 0.478 e. The van der Waals surface area contributed by atoms with E-state index in [1.54, 1.807) is 12.1 Å². The van der Waals surface area contributed by atoms with Crippen LogP contribution in [0.3, 0.4) is 0 Å². The number of nitrogens with two attached hydrogens (primary N) is 1. The lowest BCUT2D eigenvalue weighted by Crippen LogP contribution is -2.42. The second kappa shape index (κ2) is 5.42. The van der Waals surface area contributed by atoms with Crippen molar-refractivity contribution in [3.8, 4) is 0 Å². The van der Waals surface area contributed by atoms with Crippen LogP contribution in [0.5, 0.6) is 0 Å². The van der Waals surface area contributed by atoms with Crippen LogP contribution in [0.2, 0.25) is 0 Å². The number of carboxylic acids is 1. The van der Waals surface area contributed by atoms with Crippen molar-refractivity contribution in [1.29, 1.82) is 0 Å². The Kier molecular flexibility index (Phi) is 3.75. The highest BCUT2D eigenvalue weighted by Crippen LogP contribution is 2.48. The number of anilines is 1. The molecule has 0 aliphatic heterocycles. The van der Waals surface area contributed by atoms with Gasteiger partial charge in [0.1, 0.15) is 0 Å². The summed E-state index contributed by atoms with van der Waals surface area (Å²) in [6.45, 7) is 0. The summed E-state index contributed by atoms with van der Waals surface area (Å²) in [6, 6.07) is 4.69. The Labute approximate surface area is 131 Å². The van der Waals surface area contributed by atoms with Crippen molar-refractivity contribution in [2.24, 2.45) is 23.5 Å². The molecule has 1 aromatic carbocycles. The average molecular weight is 353 g/mol. The van der Waals surface area contributed by atoms with E-state index in [0.717, 1.165) is 19.3 Å². The van der Waals surface area contributed by atoms with Gasteiger partial charge in [0, 0.05) is 10.5 Å². The van der Waals surface area contributed by atoms with Gasteiger partial charge < -0.3 is 16.2 Å². The van der Waals surface area contributed by atoms with Gasteiger partial charge in [-0.1, -0.05) is 15.9 Å². The number of carboxylic acid groups (broad SMARTS) is 1. The molecular weight excluding hydrogens is 336 g/mol. The third kappa shape index (κ3) is 2.58. The zero-order valence-electron chi connectivity index (χ0n) is 11.4. The Bertz CT molecular complexity index is 603. The summed E-state index contributed by atoms with van der Waals surface area (Å²) < 4.78 is 0.662. The summed E-state index contributed by atoms with van der Waals surface area (Å²) in [7, 11) is 0. The van der Waals surface area contributed by atoms with Gasteiger partial charge in [-0.05, 0) is 49.3 Å². The maximum absolute atomic E-state index is 12.5. The molecular formula is C15H17BrN2O3. The molecule has 0 saturated heterocycles. The van der Waals surface area contributed by atoms with E-state index in [1.165, 1.54) is 6.07 Å². The first-order valence-corrected chi connectivity index (χ1v) is 7.86. The topological polar surface area (TPSA) is 92.4 Å². The molecule has 4 atom stereocenters. The number of nitrogens with one attached hydrogen (secondary N) is 1. The number of benzene rings is 1. The number of hydrogen-bond donors (Lipinski definition) is 3. The molecule has 6 heteroatoms. The molecule has 1 aromatic rings. The number of amides is 1. The van der Waals surface area contributed by atoms with Gasteiger partial charge in [-0.25, -0.2) is 4.79 Å². The van der Waals surface area contributed by atoms with E-state index in [4.69, 9.17) is 5.73 Å². The van der Waals surface area contributed by atoms with Crippen molar-refractivity contribution in [2.75, 3.05) is 5.32 Å². The van der Waals surface area contributed by atoms with Crippen LogP contribution in [0.15, 0.2) is 22.7 Å². The lowest BCUT2D eigenvalue weighted by atomic mass is 9.84. The van der Waals surface area contributed by atoms with Gasteiger partial charge in [-0.3, -0.25) is 4.79 Å². The molecule has 2 bridgehead atoms. The summed E-state index contributed by atoms with van der Waals surface area (Å²) in [6.07, 6.45) is 3.17. The van der Waals surface area contributed by atoms with Crippen molar-refractivity contribution in [1.82, 2.24) is 0 Å². The number of hydrogen-bond acceptors (Lipinski definition) is 3. The number of rotatable bonds is 3. The lowest BCUT2D eigenvalue weighted by Gasteiger charge is -2.27. The van der Waals surface area contributed by atoms with Crippen LogP contribution in [-0.2, 0) is 4.79 Å². The van der Waals surface area contributed by atoms with E-state index >= 15 is 0 Å². The molecule has 4 N–H and O–H groups in total. The normalized spacial score (nSPS) is 30.4. The molecule has 3 rings (SSSR count). The Morgan fingerprint density at radius 3 is 2.62 bits per heavy atom. The molecule has 2 saturated carbocycles. The molecule has 112 valence electrons. The molecule has 2 aliphatic carbocycles. The van der Waals surface area contributed by atoms with Gasteiger partial charge >= 0.3 is 5.97 Å². The highest BCUT2D eigenvalue weighted by Gasteiger charge is 2.49. The summed E-state index contributed by atoms with van der Waals surface area (Å²) in [5, 5.41) is 12.0. The van der Waals surface area contributed by atoms with Gasteiger partial charge in [-0.2, -0.15) is 0 Å². The minimum absolute atomic E-state index is 0.0782. The van der Waals surface area contributed by atoms with E-state index in [1.807, 2.05) is 0 Å². The van der Waals surface area contributed by atoms with Crippen LogP contribution in [-0.4, -0.2) is 23.0 Å². The van der Waals surface area contributed by atoms with Crippen LogP contribution in [0.4, 0.5) is 5.69 Å². The Hall–Kier alpha value is -1.40. The third-order valence-electron chi connectivity index (χ3n) is 4.75. The summed E-state index contributed by atoms with van der Waals surface area (Å²) in [5.41, 5.74) is 6.56. The summed E-state index contributed by atoms with van der Waals surface area (Å²) >= 11 is 3.24. The standard InChI is InChI=1S/C15H17BrN2O3/c16-9-3-4-11(10(6-9)15(20)21)18-14(19)12-7-1-2-8(5-7)13(12)17/h3-4,6-8,12-13H,1-2,5,17H2,(H,18,19)(H,20,21). The van der Waals surface area contributed by atoms with Crippen molar-refractivity contribution < 1.29 is 14.7 Å². The minimum Gasteiger partial charge on any atom is -0.478 e.